The van der Waals surface area contributed by atoms with Gasteiger partial charge in [-0.15, -0.1) is 0 Å². The predicted molar refractivity (Wildman–Crippen MR) is 69.3 cm³/mol. The molecule has 0 bridgehead atoms. The minimum atomic E-state index is -10.0. The Kier molecular flexibility index (Phi) is 7.61. The average Bonchev–Trinajstić information content (AvgIpc) is 2.75. The number of hydrogen-bond acceptors (Lipinski definition) is 0. The van der Waals surface area contributed by atoms with Crippen LogP contribution >= 0.6 is 0 Å². The molecule has 1 saturated carbocycles. The lowest BCUT2D eigenvalue weighted by atomic mass is 9.67. The van der Waals surface area contributed by atoms with Crippen LogP contribution in [0.25, 0.3) is 0 Å². The standard InChI is InChI=1S/C14F28/c15-1(2(16,17)5(22,23)8(28,29)6(24,25)3(1,18)19)4(20,21)7(26,27)9(30,31)10(32,33)11(34,35)12(36,37)13(38,39)14(40,41)42. The van der Waals surface area contributed by atoms with Gasteiger partial charge in [-0.3, -0.25) is 0 Å². The van der Waals surface area contributed by atoms with Crippen LogP contribution in [0.5, 0.6) is 0 Å². The van der Waals surface area contributed by atoms with Crippen molar-refractivity contribution in [3.8, 4) is 0 Å². The first-order chi connectivity index (χ1) is 17.5. The van der Waals surface area contributed by atoms with Gasteiger partial charge in [-0.25, -0.2) is 4.39 Å². The third-order valence-corrected chi connectivity index (χ3v) is 5.60. The van der Waals surface area contributed by atoms with Crippen LogP contribution < -0.4 is 0 Å². The maximum atomic E-state index is 14.3. The second-order valence-electron chi connectivity index (χ2n) is 8.05. The Hall–Kier alpha value is -1.96. The molecule has 0 N–H and O–H groups in total. The number of halogens is 28. The van der Waals surface area contributed by atoms with Crippen molar-refractivity contribution in [1.82, 2.24) is 0 Å². The van der Waals surface area contributed by atoms with Crippen LogP contribution in [0.15, 0.2) is 0 Å². The van der Waals surface area contributed by atoms with Gasteiger partial charge in [-0.1, -0.05) is 0 Å². The highest BCUT2D eigenvalue weighted by atomic mass is 19.4. The molecule has 42 heavy (non-hydrogen) atoms. The zero-order valence-corrected chi connectivity index (χ0v) is 17.6. The van der Waals surface area contributed by atoms with E-state index in [1.54, 1.807) is 0 Å². The number of hydrogen-bond donors (Lipinski definition) is 0. The van der Waals surface area contributed by atoms with Gasteiger partial charge in [0, 0.05) is 0 Å². The zero-order chi connectivity index (χ0) is 35.0. The van der Waals surface area contributed by atoms with Crippen molar-refractivity contribution < 1.29 is 123 Å². The van der Waals surface area contributed by atoms with Gasteiger partial charge in [0.15, 0.2) is 0 Å². The normalized spacial score (nSPS) is 24.9. The first kappa shape index (κ1) is 38.1. The molecule has 0 nitrogen and oxygen atoms in total. The molecule has 0 aromatic carbocycles. The Morgan fingerprint density at radius 2 is 0.429 bits per heavy atom. The smallest absolute Gasteiger partial charge is 0.223 e. The molecular formula is C14F28. The van der Waals surface area contributed by atoms with E-state index in [0.29, 0.717) is 0 Å². The summed E-state index contributed by atoms with van der Waals surface area (Å²) < 4.78 is 372. The van der Waals surface area contributed by atoms with E-state index < -0.39 is 82.9 Å². The Morgan fingerprint density at radius 3 is 0.667 bits per heavy atom. The van der Waals surface area contributed by atoms with E-state index in [0.717, 1.165) is 0 Å². The highest BCUT2D eigenvalue weighted by Crippen LogP contribution is 2.75. The Labute approximate surface area is 207 Å². The van der Waals surface area contributed by atoms with E-state index in [1.165, 1.54) is 0 Å². The van der Waals surface area contributed by atoms with Gasteiger partial charge in [-0.05, 0) is 0 Å². The molecule has 0 aromatic heterocycles. The summed E-state index contributed by atoms with van der Waals surface area (Å²) in [5, 5.41) is 0. The molecule has 0 aliphatic heterocycles. The first-order valence-electron chi connectivity index (χ1n) is 8.79. The molecule has 0 atom stereocenters. The number of alkyl halides is 28. The largest absolute Gasteiger partial charge is 0.460 e. The van der Waals surface area contributed by atoms with Crippen LogP contribution in [0.3, 0.4) is 0 Å². The third-order valence-electron chi connectivity index (χ3n) is 5.60. The van der Waals surface area contributed by atoms with Crippen LogP contribution in [0.4, 0.5) is 123 Å². The van der Waals surface area contributed by atoms with E-state index in [1.807, 2.05) is 0 Å². The first-order valence-corrected chi connectivity index (χ1v) is 8.79. The van der Waals surface area contributed by atoms with E-state index in [4.69, 9.17) is 0 Å². The van der Waals surface area contributed by atoms with Crippen LogP contribution in [0.1, 0.15) is 0 Å². The van der Waals surface area contributed by atoms with E-state index in [2.05, 4.69) is 0 Å². The van der Waals surface area contributed by atoms with Crippen LogP contribution in [0, 0.1) is 0 Å². The van der Waals surface area contributed by atoms with Crippen molar-refractivity contribution in [2.75, 3.05) is 0 Å². The maximum absolute atomic E-state index is 14.3. The third kappa shape index (κ3) is 3.39. The van der Waals surface area contributed by atoms with Gasteiger partial charge in [0.1, 0.15) is 0 Å². The lowest BCUT2D eigenvalue weighted by Crippen LogP contribution is -2.90. The summed E-state index contributed by atoms with van der Waals surface area (Å²) in [6, 6.07) is 0. The monoisotopic (exact) mass is 700 g/mol. The van der Waals surface area contributed by atoms with Crippen LogP contribution in [-0.4, -0.2) is 82.9 Å². The topological polar surface area (TPSA) is 0 Å². The lowest BCUT2D eigenvalue weighted by Gasteiger charge is -2.55. The highest BCUT2D eigenvalue weighted by Gasteiger charge is 3.09. The highest BCUT2D eigenvalue weighted by molar-refractivity contribution is 5.33. The second kappa shape index (κ2) is 8.39. The maximum Gasteiger partial charge on any atom is 0.460 e. The van der Waals surface area contributed by atoms with Gasteiger partial charge < -0.3 is 0 Å². The summed E-state index contributed by atoms with van der Waals surface area (Å²) in [7, 11) is 0. The Bertz CT molecular complexity index is 1020. The minimum Gasteiger partial charge on any atom is -0.223 e. The zero-order valence-electron chi connectivity index (χ0n) is 17.6. The quantitative estimate of drug-likeness (QED) is 0.233. The summed E-state index contributed by atoms with van der Waals surface area (Å²) in [5.41, 5.74) is -9.78. The van der Waals surface area contributed by atoms with Crippen molar-refractivity contribution in [2.45, 2.75) is 82.9 Å². The summed E-state index contributed by atoms with van der Waals surface area (Å²) >= 11 is 0. The van der Waals surface area contributed by atoms with Crippen molar-refractivity contribution >= 4 is 0 Å². The Balaban J connectivity index is 4.20. The molecule has 0 unspecified atom stereocenters. The van der Waals surface area contributed by atoms with Gasteiger partial charge in [0.25, 0.3) is 0 Å². The SMILES string of the molecule is FC(F)(F)C(F)(F)C(F)(F)C(F)(F)C(F)(F)C(F)(F)C(F)(F)C(F)(F)C1(F)C(F)(F)C(F)(F)C(F)(F)C(F)(F)C1(F)F. The fourth-order valence-corrected chi connectivity index (χ4v) is 3.00. The molecule has 0 aromatic rings. The second-order valence-corrected chi connectivity index (χ2v) is 8.05. The molecule has 28 heteroatoms. The molecule has 1 fully saturated rings. The van der Waals surface area contributed by atoms with Crippen molar-refractivity contribution in [3.05, 3.63) is 0 Å². The minimum absolute atomic E-state index is 8.28. The molecule has 1 aliphatic carbocycles. The molecule has 0 heterocycles. The molecule has 1 aliphatic rings. The molecule has 0 radical (unpaired) electrons. The van der Waals surface area contributed by atoms with Gasteiger partial charge in [0.2, 0.25) is 0 Å². The van der Waals surface area contributed by atoms with Crippen LogP contribution in [0.2, 0.25) is 0 Å². The van der Waals surface area contributed by atoms with Crippen LogP contribution in [-0.2, 0) is 0 Å². The molecule has 252 valence electrons. The summed E-state index contributed by atoms with van der Waals surface area (Å²) in [5.74, 6) is -112. The van der Waals surface area contributed by atoms with E-state index in [9.17, 15) is 123 Å². The lowest BCUT2D eigenvalue weighted by molar-refractivity contribution is -0.527. The van der Waals surface area contributed by atoms with Gasteiger partial charge in [-0.2, -0.15) is 119 Å². The van der Waals surface area contributed by atoms with Gasteiger partial charge in [0.05, 0.1) is 0 Å². The summed E-state index contributed by atoms with van der Waals surface area (Å²) in [4.78, 5) is 0. The summed E-state index contributed by atoms with van der Waals surface area (Å²) in [6.45, 7) is 0. The molecular weight excluding hydrogens is 700 g/mol. The molecule has 1 rings (SSSR count). The molecule has 0 saturated heterocycles. The average molecular weight is 700 g/mol. The molecule has 0 spiro atoms. The van der Waals surface area contributed by atoms with E-state index >= 15 is 0 Å². The van der Waals surface area contributed by atoms with Crippen molar-refractivity contribution in [3.63, 3.8) is 0 Å². The van der Waals surface area contributed by atoms with Crippen molar-refractivity contribution in [2.24, 2.45) is 0 Å². The van der Waals surface area contributed by atoms with E-state index in [-0.39, 0.29) is 0 Å². The predicted octanol–water partition coefficient (Wildman–Crippen LogP) is 8.89. The van der Waals surface area contributed by atoms with Gasteiger partial charge >= 0.3 is 82.9 Å². The fourth-order valence-electron chi connectivity index (χ4n) is 3.00. The summed E-state index contributed by atoms with van der Waals surface area (Å²) in [6.07, 6.45) is -8.28. The fraction of sp³-hybridized carbons (Fsp3) is 1.00. The molecule has 0 amide bonds. The van der Waals surface area contributed by atoms with Crippen molar-refractivity contribution in [1.29, 1.82) is 0 Å². The Morgan fingerprint density at radius 1 is 0.238 bits per heavy atom. The number of rotatable bonds is 7.